The molecule has 0 N–H and O–H groups in total. The normalized spacial score (nSPS) is 15.0. The zero-order chi connectivity index (χ0) is 9.02. The minimum absolute atomic E-state index is 0.677. The van der Waals surface area contributed by atoms with Crippen molar-refractivity contribution in [1.82, 2.24) is 4.90 Å². The fraction of sp³-hybridized carbons (Fsp3) is 1.00. The van der Waals surface area contributed by atoms with E-state index < -0.39 is 0 Å². The Labute approximate surface area is 71.8 Å². The first-order valence-corrected chi connectivity index (χ1v) is 4.65. The summed E-state index contributed by atoms with van der Waals surface area (Å²) >= 11 is 0. The molecule has 0 aliphatic carbocycles. The van der Waals surface area contributed by atoms with Crippen LogP contribution in [0.4, 0.5) is 0 Å². The van der Waals surface area contributed by atoms with E-state index in [1.165, 1.54) is 6.54 Å². The molecule has 0 aliphatic rings. The molecule has 0 fully saturated rings. The summed E-state index contributed by atoms with van der Waals surface area (Å²) in [5.74, 6) is 1.61. The van der Waals surface area contributed by atoms with Gasteiger partial charge in [0.1, 0.15) is 0 Å². The molecule has 0 aliphatic heterocycles. The first kappa shape index (κ1) is 11.0. The van der Waals surface area contributed by atoms with Crippen molar-refractivity contribution in [3.05, 3.63) is 0 Å². The van der Waals surface area contributed by atoms with Gasteiger partial charge >= 0.3 is 0 Å². The van der Waals surface area contributed by atoms with E-state index in [0.29, 0.717) is 6.04 Å². The summed E-state index contributed by atoms with van der Waals surface area (Å²) in [6, 6.07) is 0.677. The highest BCUT2D eigenvalue weighted by molar-refractivity contribution is 4.64. The van der Waals surface area contributed by atoms with Crippen LogP contribution in [0, 0.1) is 11.8 Å². The number of hydrogen-bond donors (Lipinski definition) is 0. The van der Waals surface area contributed by atoms with Gasteiger partial charge in [0.25, 0.3) is 0 Å². The van der Waals surface area contributed by atoms with Crippen LogP contribution >= 0.6 is 0 Å². The van der Waals surface area contributed by atoms with Gasteiger partial charge in [-0.05, 0) is 32.7 Å². The van der Waals surface area contributed by atoms with E-state index in [4.69, 9.17) is 0 Å². The van der Waals surface area contributed by atoms with Crippen molar-refractivity contribution in [3.63, 3.8) is 0 Å². The van der Waals surface area contributed by atoms with E-state index in [2.05, 4.69) is 46.6 Å². The Hall–Kier alpha value is -0.0400. The average Bonchev–Trinajstić information content (AvgIpc) is 1.87. The SMILES string of the molecule is CC(C)C(C)CN(C)C(C)C. The maximum absolute atomic E-state index is 2.41. The van der Waals surface area contributed by atoms with Crippen LogP contribution in [0.5, 0.6) is 0 Å². The van der Waals surface area contributed by atoms with Gasteiger partial charge in [-0.2, -0.15) is 0 Å². The molecule has 0 aromatic carbocycles. The Balaban J connectivity index is 3.66. The predicted octanol–water partition coefficient (Wildman–Crippen LogP) is 2.62. The Bertz CT molecular complexity index is 85.0. The van der Waals surface area contributed by atoms with Crippen LogP contribution in [0.3, 0.4) is 0 Å². The van der Waals surface area contributed by atoms with Crippen LogP contribution in [0.15, 0.2) is 0 Å². The monoisotopic (exact) mass is 157 g/mol. The Morgan fingerprint density at radius 1 is 1.00 bits per heavy atom. The van der Waals surface area contributed by atoms with E-state index in [-0.39, 0.29) is 0 Å². The molecule has 0 heterocycles. The number of nitrogens with zero attached hydrogens (tertiary/aromatic N) is 1. The highest BCUT2D eigenvalue weighted by atomic mass is 15.1. The largest absolute Gasteiger partial charge is 0.304 e. The van der Waals surface area contributed by atoms with E-state index in [9.17, 15) is 0 Å². The first-order valence-electron chi connectivity index (χ1n) is 4.65. The average molecular weight is 157 g/mol. The van der Waals surface area contributed by atoms with Gasteiger partial charge in [0.15, 0.2) is 0 Å². The van der Waals surface area contributed by atoms with Gasteiger partial charge in [0.05, 0.1) is 0 Å². The molecule has 0 amide bonds. The minimum Gasteiger partial charge on any atom is -0.304 e. The van der Waals surface area contributed by atoms with Gasteiger partial charge in [-0.15, -0.1) is 0 Å². The van der Waals surface area contributed by atoms with Crippen molar-refractivity contribution in [3.8, 4) is 0 Å². The highest BCUT2D eigenvalue weighted by Gasteiger charge is 2.11. The van der Waals surface area contributed by atoms with E-state index in [0.717, 1.165) is 11.8 Å². The lowest BCUT2D eigenvalue weighted by Crippen LogP contribution is -2.32. The van der Waals surface area contributed by atoms with Crippen LogP contribution < -0.4 is 0 Å². The van der Waals surface area contributed by atoms with Crippen LogP contribution in [0.2, 0.25) is 0 Å². The van der Waals surface area contributed by atoms with Crippen LogP contribution in [-0.4, -0.2) is 24.5 Å². The second kappa shape index (κ2) is 4.76. The molecule has 0 aromatic rings. The summed E-state index contributed by atoms with van der Waals surface area (Å²) in [4.78, 5) is 2.41. The fourth-order valence-electron chi connectivity index (χ4n) is 0.876. The second-order valence-corrected chi connectivity index (χ2v) is 4.25. The molecule has 0 radical (unpaired) electrons. The zero-order valence-corrected chi connectivity index (χ0v) is 8.89. The van der Waals surface area contributed by atoms with Gasteiger partial charge in [0.2, 0.25) is 0 Å². The standard InChI is InChI=1S/C10H23N/c1-8(2)10(5)7-11(6)9(3)4/h8-10H,7H2,1-6H3. The Morgan fingerprint density at radius 3 is 1.73 bits per heavy atom. The molecule has 0 rings (SSSR count). The summed E-state index contributed by atoms with van der Waals surface area (Å²) in [6.07, 6.45) is 0. The van der Waals surface area contributed by atoms with Gasteiger partial charge in [0, 0.05) is 12.6 Å². The Kier molecular flexibility index (Phi) is 4.74. The third kappa shape index (κ3) is 4.41. The summed E-state index contributed by atoms with van der Waals surface area (Å²) < 4.78 is 0. The third-order valence-corrected chi connectivity index (χ3v) is 2.60. The molecule has 1 atom stereocenters. The fourth-order valence-corrected chi connectivity index (χ4v) is 0.876. The molecular weight excluding hydrogens is 134 g/mol. The molecule has 0 aromatic heterocycles. The molecule has 0 spiro atoms. The van der Waals surface area contributed by atoms with Crippen molar-refractivity contribution >= 4 is 0 Å². The zero-order valence-electron chi connectivity index (χ0n) is 8.89. The lowest BCUT2D eigenvalue weighted by atomic mass is 9.97. The number of hydrogen-bond acceptors (Lipinski definition) is 1. The topological polar surface area (TPSA) is 3.24 Å². The van der Waals surface area contributed by atoms with E-state index in [1.807, 2.05) is 0 Å². The molecule has 0 saturated carbocycles. The van der Waals surface area contributed by atoms with Crippen LogP contribution in [0.25, 0.3) is 0 Å². The first-order chi connectivity index (χ1) is 4.95. The van der Waals surface area contributed by atoms with E-state index in [1.54, 1.807) is 0 Å². The maximum Gasteiger partial charge on any atom is 0.00356 e. The Morgan fingerprint density at radius 2 is 1.45 bits per heavy atom. The van der Waals surface area contributed by atoms with Crippen molar-refractivity contribution in [2.45, 2.75) is 40.7 Å². The number of rotatable bonds is 4. The summed E-state index contributed by atoms with van der Waals surface area (Å²) in [5.41, 5.74) is 0. The van der Waals surface area contributed by atoms with Crippen LogP contribution in [0.1, 0.15) is 34.6 Å². The quantitative estimate of drug-likeness (QED) is 0.606. The lowest BCUT2D eigenvalue weighted by Gasteiger charge is -2.26. The summed E-state index contributed by atoms with van der Waals surface area (Å²) in [5, 5.41) is 0. The molecule has 1 unspecified atom stereocenters. The van der Waals surface area contributed by atoms with Crippen LogP contribution in [-0.2, 0) is 0 Å². The smallest absolute Gasteiger partial charge is 0.00356 e. The van der Waals surface area contributed by atoms with E-state index >= 15 is 0 Å². The second-order valence-electron chi connectivity index (χ2n) is 4.25. The van der Waals surface area contributed by atoms with Gasteiger partial charge in [-0.3, -0.25) is 0 Å². The molecule has 0 bridgehead atoms. The van der Waals surface area contributed by atoms with Crippen molar-refractivity contribution < 1.29 is 0 Å². The molecule has 0 saturated heterocycles. The molecule has 1 nitrogen and oxygen atoms in total. The minimum atomic E-state index is 0.677. The van der Waals surface area contributed by atoms with Gasteiger partial charge in [-0.25, -0.2) is 0 Å². The molecule has 68 valence electrons. The van der Waals surface area contributed by atoms with Crippen molar-refractivity contribution in [1.29, 1.82) is 0 Å². The molecule has 1 heteroatoms. The van der Waals surface area contributed by atoms with Gasteiger partial charge in [-0.1, -0.05) is 20.8 Å². The molecular formula is C10H23N. The highest BCUT2D eigenvalue weighted by Crippen LogP contribution is 2.11. The summed E-state index contributed by atoms with van der Waals surface area (Å²) in [7, 11) is 2.20. The summed E-state index contributed by atoms with van der Waals surface area (Å²) in [6.45, 7) is 12.6. The lowest BCUT2D eigenvalue weighted by molar-refractivity contribution is 0.211. The third-order valence-electron chi connectivity index (χ3n) is 2.60. The van der Waals surface area contributed by atoms with Crippen molar-refractivity contribution in [2.75, 3.05) is 13.6 Å². The predicted molar refractivity (Wildman–Crippen MR) is 51.8 cm³/mol. The van der Waals surface area contributed by atoms with Gasteiger partial charge < -0.3 is 4.90 Å². The maximum atomic E-state index is 2.41. The molecule has 11 heavy (non-hydrogen) atoms. The van der Waals surface area contributed by atoms with Crippen molar-refractivity contribution in [2.24, 2.45) is 11.8 Å².